The van der Waals surface area contributed by atoms with Crippen LogP contribution in [0.15, 0.2) is 0 Å². The Morgan fingerprint density at radius 1 is 1.30 bits per heavy atom. The van der Waals surface area contributed by atoms with E-state index >= 15 is 0 Å². The van der Waals surface area contributed by atoms with Crippen LogP contribution in [-0.4, -0.2) is 52.2 Å². The lowest BCUT2D eigenvalue weighted by Crippen LogP contribution is -2.40. The van der Waals surface area contributed by atoms with Gasteiger partial charge in [0, 0.05) is 13.0 Å². The molecule has 0 aromatic carbocycles. The van der Waals surface area contributed by atoms with Gasteiger partial charge in [0.15, 0.2) is 0 Å². The minimum absolute atomic E-state index is 0.230. The quantitative estimate of drug-likeness (QED) is 0.791. The van der Waals surface area contributed by atoms with E-state index in [-0.39, 0.29) is 12.4 Å². The number of aromatic nitrogens is 2. The molecule has 7 nitrogen and oxygen atoms in total. The van der Waals surface area contributed by atoms with Crippen molar-refractivity contribution in [2.75, 3.05) is 19.6 Å². The molecule has 23 heavy (non-hydrogen) atoms. The molecule has 1 amide bonds. The molecule has 0 bridgehead atoms. The third-order valence-corrected chi connectivity index (χ3v) is 5.53. The predicted molar refractivity (Wildman–Crippen MR) is 87.1 cm³/mol. The standard InChI is InChI=1S/C14H22N4OS.CH2O2/c1-11-16-17-13(20-11)10-18-8-5-14(6-9-18)3-2-12(19)15-7-4-14;2-1-3/h2-10H2,1H3,(H,15,19);1H,(H,2,3). The third kappa shape index (κ3) is 5.24. The third-order valence-electron chi connectivity index (χ3n) is 4.70. The van der Waals surface area contributed by atoms with Crippen molar-refractivity contribution in [2.45, 2.75) is 45.6 Å². The van der Waals surface area contributed by atoms with E-state index in [0.717, 1.165) is 49.0 Å². The van der Waals surface area contributed by atoms with Gasteiger partial charge >= 0.3 is 0 Å². The molecule has 1 aromatic rings. The fourth-order valence-corrected chi connectivity index (χ4v) is 4.09. The minimum atomic E-state index is -0.250. The highest BCUT2D eigenvalue weighted by atomic mass is 32.1. The summed E-state index contributed by atoms with van der Waals surface area (Å²) in [5.74, 6) is 0.230. The molecule has 128 valence electrons. The second-order valence-corrected chi connectivity index (χ2v) is 7.46. The van der Waals surface area contributed by atoms with E-state index in [1.54, 1.807) is 11.3 Å². The summed E-state index contributed by atoms with van der Waals surface area (Å²) in [5, 5.41) is 20.3. The molecule has 1 aromatic heterocycles. The van der Waals surface area contributed by atoms with Crippen LogP contribution in [0.2, 0.25) is 0 Å². The van der Waals surface area contributed by atoms with Crippen LogP contribution in [0.4, 0.5) is 0 Å². The first-order valence-corrected chi connectivity index (χ1v) is 8.74. The number of carboxylic acid groups (broad SMARTS) is 1. The van der Waals surface area contributed by atoms with Gasteiger partial charge in [0.2, 0.25) is 5.91 Å². The summed E-state index contributed by atoms with van der Waals surface area (Å²) in [6.45, 7) is 5.77. The molecular weight excluding hydrogens is 316 g/mol. The highest BCUT2D eigenvalue weighted by Crippen LogP contribution is 2.40. The molecule has 2 aliphatic rings. The maximum absolute atomic E-state index is 11.5. The number of amides is 1. The van der Waals surface area contributed by atoms with Crippen molar-refractivity contribution in [2.24, 2.45) is 5.41 Å². The Labute approximate surface area is 140 Å². The van der Waals surface area contributed by atoms with Gasteiger partial charge in [-0.25, -0.2) is 0 Å². The van der Waals surface area contributed by atoms with Crippen LogP contribution in [0.5, 0.6) is 0 Å². The Hall–Kier alpha value is -1.54. The molecule has 1 spiro atoms. The van der Waals surface area contributed by atoms with E-state index in [1.165, 1.54) is 12.8 Å². The number of nitrogens with one attached hydrogen (secondary N) is 1. The van der Waals surface area contributed by atoms with Crippen molar-refractivity contribution in [3.8, 4) is 0 Å². The molecule has 0 atom stereocenters. The zero-order valence-corrected chi connectivity index (χ0v) is 14.3. The zero-order valence-electron chi connectivity index (χ0n) is 13.5. The number of rotatable bonds is 2. The van der Waals surface area contributed by atoms with E-state index in [9.17, 15) is 4.79 Å². The predicted octanol–water partition coefficient (Wildman–Crippen LogP) is 1.43. The van der Waals surface area contributed by atoms with E-state index in [4.69, 9.17) is 9.90 Å². The molecule has 2 N–H and O–H groups in total. The second kappa shape index (κ2) is 8.35. The van der Waals surface area contributed by atoms with Gasteiger partial charge in [-0.2, -0.15) is 0 Å². The number of hydrogen-bond donors (Lipinski definition) is 2. The van der Waals surface area contributed by atoms with Crippen LogP contribution in [0.25, 0.3) is 0 Å². The molecule has 3 heterocycles. The highest BCUT2D eigenvalue weighted by molar-refractivity contribution is 7.11. The van der Waals surface area contributed by atoms with Crippen LogP contribution in [0, 0.1) is 12.3 Å². The summed E-state index contributed by atoms with van der Waals surface area (Å²) in [4.78, 5) is 22.3. The lowest BCUT2D eigenvalue weighted by Gasteiger charge is -2.41. The molecule has 0 radical (unpaired) electrons. The summed E-state index contributed by atoms with van der Waals surface area (Å²) < 4.78 is 0. The Bertz CT molecular complexity index is 527. The van der Waals surface area contributed by atoms with Gasteiger partial charge in [0.1, 0.15) is 10.0 Å². The van der Waals surface area contributed by atoms with Crippen molar-refractivity contribution >= 4 is 23.7 Å². The van der Waals surface area contributed by atoms with Crippen LogP contribution >= 0.6 is 11.3 Å². The fraction of sp³-hybridized carbons (Fsp3) is 0.733. The largest absolute Gasteiger partial charge is 0.483 e. The van der Waals surface area contributed by atoms with E-state index in [1.807, 2.05) is 6.92 Å². The average Bonchev–Trinajstić information content (AvgIpc) is 2.84. The Kier molecular flexibility index (Phi) is 6.47. The summed E-state index contributed by atoms with van der Waals surface area (Å²) in [6, 6.07) is 0. The molecular formula is C15H24N4O3S. The molecule has 0 aliphatic carbocycles. The highest BCUT2D eigenvalue weighted by Gasteiger charge is 2.36. The number of carbonyl (C=O) groups excluding carboxylic acids is 1. The van der Waals surface area contributed by atoms with Gasteiger partial charge in [0.05, 0.1) is 6.54 Å². The SMILES string of the molecule is Cc1nnc(CN2CCC3(CCNC(=O)CC3)CC2)s1.O=CO. The average molecular weight is 340 g/mol. The van der Waals surface area contributed by atoms with Crippen molar-refractivity contribution in [1.29, 1.82) is 0 Å². The summed E-state index contributed by atoms with van der Waals surface area (Å²) in [5.41, 5.74) is 0.396. The summed E-state index contributed by atoms with van der Waals surface area (Å²) in [6.07, 6.45) is 5.32. The lowest BCUT2D eigenvalue weighted by molar-refractivity contribution is -0.123. The summed E-state index contributed by atoms with van der Waals surface area (Å²) >= 11 is 1.69. The molecule has 2 fully saturated rings. The zero-order chi connectivity index (χ0) is 16.7. The van der Waals surface area contributed by atoms with Crippen LogP contribution < -0.4 is 5.32 Å². The van der Waals surface area contributed by atoms with E-state index in [0.29, 0.717) is 11.8 Å². The first-order chi connectivity index (χ1) is 11.1. The fourth-order valence-electron chi connectivity index (χ4n) is 3.34. The maximum atomic E-state index is 11.5. The molecule has 8 heteroatoms. The molecule has 3 rings (SSSR count). The molecule has 0 saturated carbocycles. The van der Waals surface area contributed by atoms with Gasteiger partial charge in [-0.15, -0.1) is 21.5 Å². The van der Waals surface area contributed by atoms with Crippen molar-refractivity contribution in [3.05, 3.63) is 10.0 Å². The number of piperidine rings is 1. The number of hydrogen-bond acceptors (Lipinski definition) is 6. The van der Waals surface area contributed by atoms with Crippen LogP contribution in [0.3, 0.4) is 0 Å². The molecule has 2 saturated heterocycles. The van der Waals surface area contributed by atoms with Gasteiger partial charge in [0.25, 0.3) is 6.47 Å². The topological polar surface area (TPSA) is 95.4 Å². The van der Waals surface area contributed by atoms with Crippen LogP contribution in [0.1, 0.15) is 42.1 Å². The number of carbonyl (C=O) groups is 2. The number of likely N-dealkylation sites (tertiary alicyclic amines) is 1. The number of nitrogens with zero attached hydrogens (tertiary/aromatic N) is 3. The maximum Gasteiger partial charge on any atom is 0.290 e. The van der Waals surface area contributed by atoms with Crippen molar-refractivity contribution in [3.63, 3.8) is 0 Å². The molecule has 2 aliphatic heterocycles. The smallest absolute Gasteiger partial charge is 0.290 e. The normalized spacial score (nSPS) is 21.0. The van der Waals surface area contributed by atoms with Gasteiger partial charge in [-0.3, -0.25) is 14.5 Å². The Morgan fingerprint density at radius 3 is 2.61 bits per heavy atom. The van der Waals surface area contributed by atoms with E-state index in [2.05, 4.69) is 20.4 Å². The Morgan fingerprint density at radius 2 is 2.00 bits per heavy atom. The monoisotopic (exact) mass is 340 g/mol. The minimum Gasteiger partial charge on any atom is -0.483 e. The first kappa shape index (κ1) is 17.8. The number of aryl methyl sites for hydroxylation is 1. The Balaban J connectivity index is 0.000000595. The molecule has 0 unspecified atom stereocenters. The van der Waals surface area contributed by atoms with Gasteiger partial charge < -0.3 is 10.4 Å². The van der Waals surface area contributed by atoms with E-state index < -0.39 is 0 Å². The van der Waals surface area contributed by atoms with Crippen molar-refractivity contribution in [1.82, 2.24) is 20.4 Å². The second-order valence-electron chi connectivity index (χ2n) is 6.20. The lowest BCUT2D eigenvalue weighted by atomic mass is 9.73. The first-order valence-electron chi connectivity index (χ1n) is 7.93. The van der Waals surface area contributed by atoms with Gasteiger partial charge in [-0.1, -0.05) is 0 Å². The van der Waals surface area contributed by atoms with Gasteiger partial charge in [-0.05, 0) is 51.1 Å². The van der Waals surface area contributed by atoms with Crippen molar-refractivity contribution < 1.29 is 14.7 Å². The van der Waals surface area contributed by atoms with Crippen LogP contribution in [-0.2, 0) is 16.1 Å². The summed E-state index contributed by atoms with van der Waals surface area (Å²) in [7, 11) is 0.